The molecule has 2 N–H and O–H groups in total. The molecule has 5 nitrogen and oxygen atoms in total. The third-order valence-electron chi connectivity index (χ3n) is 6.02. The Bertz CT molecular complexity index is 769. The van der Waals surface area contributed by atoms with Crippen molar-refractivity contribution in [3.63, 3.8) is 0 Å². The van der Waals surface area contributed by atoms with Crippen LogP contribution in [0, 0.1) is 5.92 Å². The Balaban J connectivity index is 1.50. The lowest BCUT2D eigenvalue weighted by Gasteiger charge is -2.32. The van der Waals surface area contributed by atoms with Gasteiger partial charge in [-0.15, -0.1) is 0 Å². The van der Waals surface area contributed by atoms with E-state index in [1.165, 1.54) is 0 Å². The average molecular weight is 353 g/mol. The first-order valence-electron chi connectivity index (χ1n) is 9.49. The summed E-state index contributed by atoms with van der Waals surface area (Å²) in [5, 5.41) is 3.52. The lowest BCUT2D eigenvalue weighted by atomic mass is 9.79. The van der Waals surface area contributed by atoms with E-state index < -0.39 is 0 Å². The summed E-state index contributed by atoms with van der Waals surface area (Å²) < 4.78 is 12.3. The molecule has 2 saturated heterocycles. The molecule has 4 rings (SSSR count). The Kier molecular flexibility index (Phi) is 4.25. The molecular formula is C20H28BN3O2. The van der Waals surface area contributed by atoms with Crippen molar-refractivity contribution in [1.29, 1.82) is 0 Å². The summed E-state index contributed by atoms with van der Waals surface area (Å²) in [6.45, 7) is 11.6. The number of hydrogen-bond acceptors (Lipinski definition) is 4. The molecule has 2 aromatic rings. The van der Waals surface area contributed by atoms with E-state index in [1.54, 1.807) is 0 Å². The summed E-state index contributed by atoms with van der Waals surface area (Å²) in [7, 11) is -0.324. The van der Waals surface area contributed by atoms with Crippen molar-refractivity contribution < 1.29 is 9.31 Å². The van der Waals surface area contributed by atoms with Crippen LogP contribution in [-0.2, 0) is 9.31 Å². The largest absolute Gasteiger partial charge is 0.494 e. The highest BCUT2D eigenvalue weighted by Crippen LogP contribution is 2.36. The minimum absolute atomic E-state index is 0.319. The van der Waals surface area contributed by atoms with Crippen LogP contribution in [0.3, 0.4) is 0 Å². The van der Waals surface area contributed by atoms with Crippen LogP contribution >= 0.6 is 0 Å². The second-order valence-electron chi connectivity index (χ2n) is 8.69. The molecule has 2 aliphatic rings. The molecule has 2 fully saturated rings. The van der Waals surface area contributed by atoms with Crippen molar-refractivity contribution in [2.24, 2.45) is 5.92 Å². The van der Waals surface area contributed by atoms with Crippen LogP contribution in [0.5, 0.6) is 0 Å². The van der Waals surface area contributed by atoms with E-state index in [1.807, 2.05) is 6.20 Å². The van der Waals surface area contributed by atoms with E-state index in [2.05, 4.69) is 74.2 Å². The fraction of sp³-hybridized carbons (Fsp3) is 0.550. The third-order valence-corrected chi connectivity index (χ3v) is 6.02. The number of H-pyrrole nitrogens is 1. The van der Waals surface area contributed by atoms with Crippen LogP contribution in [-0.4, -0.2) is 34.8 Å². The molecular weight excluding hydrogens is 325 g/mol. The second-order valence-corrected chi connectivity index (χ2v) is 8.69. The van der Waals surface area contributed by atoms with Crippen molar-refractivity contribution in [2.75, 3.05) is 6.54 Å². The van der Waals surface area contributed by atoms with E-state index in [0.717, 1.165) is 35.5 Å². The topological polar surface area (TPSA) is 59.2 Å². The van der Waals surface area contributed by atoms with Gasteiger partial charge in [0.1, 0.15) is 5.82 Å². The minimum atomic E-state index is -0.324. The Labute approximate surface area is 156 Å². The number of aromatic amines is 1. The molecule has 2 aliphatic heterocycles. The minimum Gasteiger partial charge on any atom is -0.399 e. The van der Waals surface area contributed by atoms with Crippen LogP contribution in [0.2, 0.25) is 0 Å². The lowest BCUT2D eigenvalue weighted by Crippen LogP contribution is -2.41. The van der Waals surface area contributed by atoms with Gasteiger partial charge < -0.3 is 19.6 Å². The predicted molar refractivity (Wildman–Crippen MR) is 104 cm³/mol. The molecule has 0 spiro atoms. The van der Waals surface area contributed by atoms with Crippen LogP contribution in [0.4, 0.5) is 0 Å². The normalized spacial score (nSPS) is 27.2. The molecule has 1 aromatic carbocycles. The van der Waals surface area contributed by atoms with Gasteiger partial charge in [0.15, 0.2) is 0 Å². The summed E-state index contributed by atoms with van der Waals surface area (Å²) >= 11 is 0. The molecule has 26 heavy (non-hydrogen) atoms. The number of aromatic nitrogens is 2. The van der Waals surface area contributed by atoms with Gasteiger partial charge in [0.05, 0.1) is 29.1 Å². The van der Waals surface area contributed by atoms with Gasteiger partial charge in [-0.2, -0.15) is 0 Å². The van der Waals surface area contributed by atoms with Crippen molar-refractivity contribution in [1.82, 2.24) is 15.3 Å². The summed E-state index contributed by atoms with van der Waals surface area (Å²) in [6, 6.07) is 8.69. The van der Waals surface area contributed by atoms with E-state index in [-0.39, 0.29) is 18.3 Å². The molecule has 0 radical (unpaired) electrons. The number of hydrogen-bond donors (Lipinski definition) is 2. The number of benzene rings is 1. The first-order chi connectivity index (χ1) is 12.2. The van der Waals surface area contributed by atoms with E-state index >= 15 is 0 Å². The fourth-order valence-electron chi connectivity index (χ4n) is 3.58. The highest BCUT2D eigenvalue weighted by atomic mass is 16.7. The van der Waals surface area contributed by atoms with Gasteiger partial charge in [0.25, 0.3) is 0 Å². The summed E-state index contributed by atoms with van der Waals surface area (Å²) in [6.07, 6.45) is 3.05. The first kappa shape index (κ1) is 17.8. The van der Waals surface area contributed by atoms with E-state index in [0.29, 0.717) is 12.0 Å². The van der Waals surface area contributed by atoms with Crippen molar-refractivity contribution >= 4 is 12.6 Å². The van der Waals surface area contributed by atoms with Crippen LogP contribution < -0.4 is 10.8 Å². The predicted octanol–water partition coefficient (Wildman–Crippen LogP) is 3.05. The lowest BCUT2D eigenvalue weighted by molar-refractivity contribution is 0.00578. The van der Waals surface area contributed by atoms with Gasteiger partial charge in [-0.25, -0.2) is 4.98 Å². The van der Waals surface area contributed by atoms with Crippen molar-refractivity contribution in [3.8, 4) is 11.3 Å². The smallest absolute Gasteiger partial charge is 0.399 e. The molecule has 2 unspecified atom stereocenters. The van der Waals surface area contributed by atoms with Gasteiger partial charge in [-0.3, -0.25) is 0 Å². The molecule has 0 saturated carbocycles. The fourth-order valence-corrected chi connectivity index (χ4v) is 3.58. The number of imidazole rings is 1. The zero-order valence-corrected chi connectivity index (χ0v) is 16.3. The maximum atomic E-state index is 6.13. The molecule has 138 valence electrons. The molecule has 3 heterocycles. The van der Waals surface area contributed by atoms with E-state index in [4.69, 9.17) is 9.31 Å². The van der Waals surface area contributed by atoms with E-state index in [9.17, 15) is 0 Å². The highest BCUT2D eigenvalue weighted by Gasteiger charge is 2.51. The van der Waals surface area contributed by atoms with Crippen LogP contribution in [0.1, 0.15) is 52.9 Å². The quantitative estimate of drug-likeness (QED) is 0.833. The Hall–Kier alpha value is -1.63. The number of nitrogens with one attached hydrogen (secondary N) is 2. The van der Waals surface area contributed by atoms with Gasteiger partial charge in [0, 0.05) is 0 Å². The van der Waals surface area contributed by atoms with Gasteiger partial charge in [0.2, 0.25) is 0 Å². The summed E-state index contributed by atoms with van der Waals surface area (Å²) in [5.41, 5.74) is 2.57. The van der Waals surface area contributed by atoms with Gasteiger partial charge in [-0.05, 0) is 57.6 Å². The standard InChI is InChI=1S/C20H28BN3O2/c1-13-10-16(22-11-13)18-23-12-17(24-18)14-6-8-15(9-7-14)21-25-19(2,3)20(4,5)26-21/h6-9,12-13,16,22H,10-11H2,1-5H3,(H,23,24). The first-order valence-corrected chi connectivity index (χ1v) is 9.49. The third kappa shape index (κ3) is 3.11. The molecule has 0 amide bonds. The molecule has 0 bridgehead atoms. The summed E-state index contributed by atoms with van der Waals surface area (Å²) in [4.78, 5) is 8.05. The van der Waals surface area contributed by atoms with Crippen LogP contribution in [0.15, 0.2) is 30.5 Å². The highest BCUT2D eigenvalue weighted by molar-refractivity contribution is 6.62. The van der Waals surface area contributed by atoms with Gasteiger partial charge in [-0.1, -0.05) is 31.2 Å². The van der Waals surface area contributed by atoms with Gasteiger partial charge >= 0.3 is 7.12 Å². The van der Waals surface area contributed by atoms with Crippen molar-refractivity contribution in [3.05, 3.63) is 36.3 Å². The maximum absolute atomic E-state index is 6.13. The zero-order chi connectivity index (χ0) is 18.5. The zero-order valence-electron chi connectivity index (χ0n) is 16.3. The Morgan fingerprint density at radius 2 is 1.73 bits per heavy atom. The monoisotopic (exact) mass is 353 g/mol. The number of rotatable bonds is 3. The molecule has 2 atom stereocenters. The number of nitrogens with zero attached hydrogens (tertiary/aromatic N) is 1. The Morgan fingerprint density at radius 3 is 2.31 bits per heavy atom. The molecule has 6 heteroatoms. The maximum Gasteiger partial charge on any atom is 0.494 e. The average Bonchev–Trinajstić information content (AvgIpc) is 3.26. The van der Waals surface area contributed by atoms with Crippen LogP contribution in [0.25, 0.3) is 11.3 Å². The molecule has 0 aliphatic carbocycles. The SMILES string of the molecule is CC1CNC(c2ncc(-c3ccc(B4OC(C)(C)C(C)(C)O4)cc3)[nH]2)C1. The van der Waals surface area contributed by atoms with Crippen molar-refractivity contribution in [2.45, 2.75) is 58.3 Å². The molecule has 1 aromatic heterocycles. The summed E-state index contributed by atoms with van der Waals surface area (Å²) in [5.74, 6) is 1.73. The Morgan fingerprint density at radius 1 is 1.08 bits per heavy atom. The second kappa shape index (κ2) is 6.22.